The van der Waals surface area contributed by atoms with Crippen molar-refractivity contribution in [2.45, 2.75) is 6.42 Å². The Morgan fingerprint density at radius 2 is 2.10 bits per heavy atom. The van der Waals surface area contributed by atoms with Gasteiger partial charge in [-0.25, -0.2) is 0 Å². The van der Waals surface area contributed by atoms with Crippen LogP contribution >= 0.6 is 23.8 Å². The van der Waals surface area contributed by atoms with Gasteiger partial charge < -0.3 is 20.1 Å². The van der Waals surface area contributed by atoms with Crippen molar-refractivity contribution in [3.05, 3.63) is 28.8 Å². The normalized spacial score (nSPS) is 10.2. The molecule has 0 heterocycles. The summed E-state index contributed by atoms with van der Waals surface area (Å²) < 4.78 is 10.2. The van der Waals surface area contributed by atoms with Crippen LogP contribution in [0.5, 0.6) is 5.75 Å². The van der Waals surface area contributed by atoms with Crippen molar-refractivity contribution in [3.8, 4) is 5.75 Å². The second-order valence-corrected chi connectivity index (χ2v) is 5.31. The van der Waals surface area contributed by atoms with Crippen LogP contribution in [0.15, 0.2) is 18.2 Å². The zero-order valence-corrected chi connectivity index (χ0v) is 13.7. The topological polar surface area (TPSA) is 64.8 Å². The van der Waals surface area contributed by atoms with Crippen molar-refractivity contribution in [1.29, 1.82) is 0 Å². The second-order valence-electron chi connectivity index (χ2n) is 4.35. The van der Waals surface area contributed by atoms with Gasteiger partial charge in [-0.2, -0.15) is 0 Å². The maximum atomic E-state index is 12.6. The van der Waals surface area contributed by atoms with E-state index >= 15 is 0 Å². The van der Waals surface area contributed by atoms with Crippen LogP contribution in [0.2, 0.25) is 5.02 Å². The summed E-state index contributed by atoms with van der Waals surface area (Å²) >= 11 is 10.8. The number of methoxy groups -OCH3 is 2. The highest BCUT2D eigenvalue weighted by Gasteiger charge is 2.20. The Hall–Kier alpha value is -1.37. The molecule has 5 nitrogen and oxygen atoms in total. The molecular weight excluding hydrogens is 312 g/mol. The summed E-state index contributed by atoms with van der Waals surface area (Å²) in [6, 6.07) is 4.92. The van der Waals surface area contributed by atoms with Gasteiger partial charge in [-0.15, -0.1) is 0 Å². The van der Waals surface area contributed by atoms with Crippen LogP contribution in [0, 0.1) is 0 Å². The number of thiocarbonyl (C=S) groups is 1. The molecule has 0 fully saturated rings. The summed E-state index contributed by atoms with van der Waals surface area (Å²) in [7, 11) is 3.09. The molecule has 7 heteroatoms. The lowest BCUT2D eigenvalue weighted by Crippen LogP contribution is -2.36. The van der Waals surface area contributed by atoms with Crippen molar-refractivity contribution in [2.75, 3.05) is 33.9 Å². The van der Waals surface area contributed by atoms with Gasteiger partial charge in [0, 0.05) is 31.6 Å². The van der Waals surface area contributed by atoms with Crippen LogP contribution in [-0.2, 0) is 4.74 Å². The fourth-order valence-electron chi connectivity index (χ4n) is 1.78. The third-order valence-electron chi connectivity index (χ3n) is 2.87. The molecule has 0 aliphatic heterocycles. The molecule has 0 aliphatic rings. The van der Waals surface area contributed by atoms with Gasteiger partial charge in [0.25, 0.3) is 5.91 Å². The molecule has 0 unspecified atom stereocenters. The van der Waals surface area contributed by atoms with Gasteiger partial charge >= 0.3 is 0 Å². The van der Waals surface area contributed by atoms with E-state index in [0.29, 0.717) is 47.4 Å². The molecular formula is C14H19ClN2O3S. The molecule has 0 aromatic heterocycles. The lowest BCUT2D eigenvalue weighted by molar-refractivity contribution is 0.0698. The Bertz CT molecular complexity index is 511. The Morgan fingerprint density at radius 3 is 2.67 bits per heavy atom. The zero-order valence-electron chi connectivity index (χ0n) is 12.1. The third kappa shape index (κ3) is 5.49. The minimum atomic E-state index is -0.192. The Labute approximate surface area is 135 Å². The fraction of sp³-hybridized carbons (Fsp3) is 0.429. The number of nitrogens with zero attached hydrogens (tertiary/aromatic N) is 1. The zero-order chi connectivity index (χ0) is 15.8. The molecule has 0 aliphatic carbocycles. The maximum absolute atomic E-state index is 12.6. The minimum absolute atomic E-state index is 0.192. The van der Waals surface area contributed by atoms with Crippen molar-refractivity contribution in [2.24, 2.45) is 5.73 Å². The van der Waals surface area contributed by atoms with Gasteiger partial charge in [0.15, 0.2) is 0 Å². The largest absolute Gasteiger partial charge is 0.496 e. The van der Waals surface area contributed by atoms with E-state index < -0.39 is 0 Å². The van der Waals surface area contributed by atoms with Crippen LogP contribution in [0.3, 0.4) is 0 Å². The first-order valence-corrected chi connectivity index (χ1v) is 7.18. The number of amides is 1. The molecule has 2 N–H and O–H groups in total. The summed E-state index contributed by atoms with van der Waals surface area (Å²) in [6.45, 7) is 1.28. The van der Waals surface area contributed by atoms with Gasteiger partial charge in [-0.3, -0.25) is 4.79 Å². The molecule has 0 saturated carbocycles. The van der Waals surface area contributed by atoms with Crippen LogP contribution in [0.4, 0.5) is 0 Å². The molecule has 1 amide bonds. The summed E-state index contributed by atoms with van der Waals surface area (Å²) in [5.41, 5.74) is 5.91. The van der Waals surface area contributed by atoms with Crippen molar-refractivity contribution in [1.82, 2.24) is 4.90 Å². The average molecular weight is 331 g/mol. The first-order valence-electron chi connectivity index (χ1n) is 6.39. The molecule has 0 saturated heterocycles. The highest BCUT2D eigenvalue weighted by atomic mass is 35.5. The van der Waals surface area contributed by atoms with Crippen molar-refractivity contribution < 1.29 is 14.3 Å². The number of carbonyl (C=O) groups is 1. The smallest absolute Gasteiger partial charge is 0.257 e. The molecule has 116 valence electrons. The van der Waals surface area contributed by atoms with Gasteiger partial charge in [0.1, 0.15) is 5.75 Å². The molecule has 0 radical (unpaired) electrons. The van der Waals surface area contributed by atoms with Gasteiger partial charge in [-0.1, -0.05) is 23.8 Å². The SMILES string of the molecule is COCCN(CCC(N)=S)C(=O)c1cc(Cl)ccc1OC. The Balaban J connectivity index is 2.97. The van der Waals surface area contributed by atoms with E-state index in [9.17, 15) is 4.79 Å². The predicted molar refractivity (Wildman–Crippen MR) is 87.2 cm³/mol. The molecule has 1 rings (SSSR count). The number of ether oxygens (including phenoxy) is 2. The molecule has 0 bridgehead atoms. The summed E-state index contributed by atoms with van der Waals surface area (Å²) in [5.74, 6) is 0.282. The first kappa shape index (κ1) is 17.7. The van der Waals surface area contributed by atoms with E-state index in [4.69, 9.17) is 39.0 Å². The fourth-order valence-corrected chi connectivity index (χ4v) is 2.04. The van der Waals surface area contributed by atoms with E-state index in [2.05, 4.69) is 0 Å². The number of hydrogen-bond acceptors (Lipinski definition) is 4. The van der Waals surface area contributed by atoms with E-state index in [-0.39, 0.29) is 5.91 Å². The van der Waals surface area contributed by atoms with Crippen LogP contribution in [-0.4, -0.2) is 49.7 Å². The monoisotopic (exact) mass is 330 g/mol. The Kier molecular flexibility index (Phi) is 7.42. The Morgan fingerprint density at radius 1 is 1.38 bits per heavy atom. The van der Waals surface area contributed by atoms with Crippen LogP contribution < -0.4 is 10.5 Å². The predicted octanol–water partition coefficient (Wildman–Crippen LogP) is 2.11. The summed E-state index contributed by atoms with van der Waals surface area (Å²) in [5, 5.41) is 0.472. The summed E-state index contributed by atoms with van der Waals surface area (Å²) in [4.78, 5) is 14.6. The number of carbonyl (C=O) groups excluding carboxylic acids is 1. The molecule has 0 spiro atoms. The number of nitrogens with two attached hydrogens (primary N) is 1. The lowest BCUT2D eigenvalue weighted by Gasteiger charge is -2.23. The summed E-state index contributed by atoms with van der Waals surface area (Å²) in [6.07, 6.45) is 0.452. The van der Waals surface area contributed by atoms with Crippen LogP contribution in [0.25, 0.3) is 0 Å². The molecule has 0 atom stereocenters. The standard InChI is InChI=1S/C14H19ClN2O3S/c1-19-8-7-17(6-5-13(16)21)14(18)11-9-10(15)3-4-12(11)20-2/h3-4,9H,5-8H2,1-2H3,(H2,16,21). The van der Waals surface area contributed by atoms with Gasteiger partial charge in [0.2, 0.25) is 0 Å². The highest BCUT2D eigenvalue weighted by molar-refractivity contribution is 7.80. The van der Waals surface area contributed by atoms with Crippen LogP contribution in [0.1, 0.15) is 16.8 Å². The number of halogens is 1. The first-order chi connectivity index (χ1) is 9.99. The quantitative estimate of drug-likeness (QED) is 0.740. The van der Waals surface area contributed by atoms with Crippen molar-refractivity contribution in [3.63, 3.8) is 0 Å². The van der Waals surface area contributed by atoms with E-state index in [1.54, 1.807) is 30.2 Å². The molecule has 21 heavy (non-hydrogen) atoms. The maximum Gasteiger partial charge on any atom is 0.257 e. The van der Waals surface area contributed by atoms with Gasteiger partial charge in [0.05, 0.1) is 24.3 Å². The molecule has 1 aromatic rings. The van der Waals surface area contributed by atoms with E-state index in [1.807, 2.05) is 0 Å². The van der Waals surface area contributed by atoms with E-state index in [1.165, 1.54) is 7.11 Å². The van der Waals surface area contributed by atoms with E-state index in [0.717, 1.165) is 0 Å². The lowest BCUT2D eigenvalue weighted by atomic mass is 10.1. The van der Waals surface area contributed by atoms with Crippen molar-refractivity contribution >= 4 is 34.7 Å². The molecule has 1 aromatic carbocycles. The second kappa shape index (κ2) is 8.81. The van der Waals surface area contributed by atoms with Gasteiger partial charge in [-0.05, 0) is 18.2 Å². The number of benzene rings is 1. The highest BCUT2D eigenvalue weighted by Crippen LogP contribution is 2.24. The minimum Gasteiger partial charge on any atom is -0.496 e. The number of hydrogen-bond donors (Lipinski definition) is 1. The third-order valence-corrected chi connectivity index (χ3v) is 3.31. The number of rotatable bonds is 8. The average Bonchev–Trinajstić information content (AvgIpc) is 2.46.